The Balaban J connectivity index is 1.93. The van der Waals surface area contributed by atoms with Crippen LogP contribution in [-0.4, -0.2) is 30.1 Å². The summed E-state index contributed by atoms with van der Waals surface area (Å²) < 4.78 is 0. The number of nitrogens with zero attached hydrogens (tertiary/aromatic N) is 1. The lowest BCUT2D eigenvalue weighted by Crippen LogP contribution is -2.55. The van der Waals surface area contributed by atoms with Gasteiger partial charge in [0.1, 0.15) is 0 Å². The molecule has 0 heterocycles. The highest BCUT2D eigenvalue weighted by Crippen LogP contribution is 2.39. The number of likely N-dealkylation sites (N-methyl/N-ethyl adjacent to an activating group) is 1. The number of rotatable bonds is 3. The number of nitrogens with two attached hydrogens (primary N) is 1. The normalized spacial score (nSPS) is 39.5. The first-order valence-corrected chi connectivity index (χ1v) is 8.40. The molecule has 0 saturated heterocycles. The molecular weight excluding hydrogens is 232 g/mol. The van der Waals surface area contributed by atoms with Gasteiger partial charge in [-0.3, -0.25) is 4.90 Å². The maximum absolute atomic E-state index is 6.42. The van der Waals surface area contributed by atoms with Gasteiger partial charge in [0, 0.05) is 18.1 Å². The van der Waals surface area contributed by atoms with Gasteiger partial charge >= 0.3 is 0 Å². The minimum absolute atomic E-state index is 0.391. The molecule has 2 N–H and O–H groups in total. The van der Waals surface area contributed by atoms with E-state index in [9.17, 15) is 0 Å². The first-order chi connectivity index (χ1) is 8.93. The second-order valence-corrected chi connectivity index (χ2v) is 7.89. The van der Waals surface area contributed by atoms with Crippen molar-refractivity contribution in [2.45, 2.75) is 90.3 Å². The molecule has 2 fully saturated rings. The fourth-order valence-electron chi connectivity index (χ4n) is 4.25. The zero-order chi connectivity index (χ0) is 14.0. The predicted molar refractivity (Wildman–Crippen MR) is 83.2 cm³/mol. The lowest BCUT2D eigenvalue weighted by atomic mass is 9.72. The maximum Gasteiger partial charge on any atom is 0.0252 e. The van der Waals surface area contributed by atoms with Gasteiger partial charge in [0.15, 0.2) is 0 Å². The van der Waals surface area contributed by atoms with Crippen LogP contribution < -0.4 is 5.73 Å². The molecule has 2 saturated carbocycles. The van der Waals surface area contributed by atoms with Crippen LogP contribution in [0.15, 0.2) is 0 Å². The quantitative estimate of drug-likeness (QED) is 0.842. The van der Waals surface area contributed by atoms with E-state index in [0.717, 1.165) is 12.0 Å². The van der Waals surface area contributed by atoms with E-state index in [2.05, 4.69) is 32.7 Å². The van der Waals surface area contributed by atoms with Crippen molar-refractivity contribution in [3.63, 3.8) is 0 Å². The second-order valence-electron chi connectivity index (χ2n) is 7.89. The standard InChI is InChI=1S/C17H34N2/c1-5-13-6-8-14(9-7-13)19(4)16-12-17(2,3)11-10-15(16)18/h13-16H,5-12,18H2,1-4H3. The van der Waals surface area contributed by atoms with E-state index in [-0.39, 0.29) is 0 Å². The monoisotopic (exact) mass is 266 g/mol. The van der Waals surface area contributed by atoms with Crippen molar-refractivity contribution in [2.75, 3.05) is 7.05 Å². The Morgan fingerprint density at radius 1 is 1.11 bits per heavy atom. The molecule has 2 aliphatic carbocycles. The highest BCUT2D eigenvalue weighted by atomic mass is 15.2. The minimum atomic E-state index is 0.391. The van der Waals surface area contributed by atoms with E-state index in [1.54, 1.807) is 0 Å². The Morgan fingerprint density at radius 3 is 2.32 bits per heavy atom. The predicted octanol–water partition coefficient (Wildman–Crippen LogP) is 3.79. The molecule has 0 amide bonds. The molecule has 19 heavy (non-hydrogen) atoms. The highest BCUT2D eigenvalue weighted by Gasteiger charge is 2.37. The molecular formula is C17H34N2. The zero-order valence-electron chi connectivity index (χ0n) is 13.5. The van der Waals surface area contributed by atoms with Crippen molar-refractivity contribution in [3.8, 4) is 0 Å². The summed E-state index contributed by atoms with van der Waals surface area (Å²) in [6, 6.07) is 1.78. The van der Waals surface area contributed by atoms with Crippen LogP contribution in [0.3, 0.4) is 0 Å². The molecule has 0 bridgehead atoms. The van der Waals surface area contributed by atoms with Gasteiger partial charge in [-0.25, -0.2) is 0 Å². The molecule has 2 atom stereocenters. The van der Waals surface area contributed by atoms with Crippen molar-refractivity contribution >= 4 is 0 Å². The second kappa shape index (κ2) is 6.13. The van der Waals surface area contributed by atoms with Gasteiger partial charge in [0.25, 0.3) is 0 Å². The third-order valence-electron chi connectivity index (χ3n) is 5.90. The Hall–Kier alpha value is -0.0800. The molecule has 2 nitrogen and oxygen atoms in total. The number of hydrogen-bond donors (Lipinski definition) is 1. The molecule has 0 aromatic heterocycles. The summed E-state index contributed by atoms with van der Waals surface area (Å²) >= 11 is 0. The van der Waals surface area contributed by atoms with Crippen LogP contribution >= 0.6 is 0 Å². The smallest absolute Gasteiger partial charge is 0.0252 e. The van der Waals surface area contributed by atoms with E-state index in [1.165, 1.54) is 51.4 Å². The minimum Gasteiger partial charge on any atom is -0.326 e. The molecule has 0 aliphatic heterocycles. The SMILES string of the molecule is CCC1CCC(N(C)C2CC(C)(C)CCC2N)CC1. The van der Waals surface area contributed by atoms with Crippen LogP contribution in [0.2, 0.25) is 0 Å². The van der Waals surface area contributed by atoms with E-state index in [0.29, 0.717) is 17.5 Å². The van der Waals surface area contributed by atoms with Gasteiger partial charge < -0.3 is 5.73 Å². The fourth-order valence-corrected chi connectivity index (χ4v) is 4.25. The van der Waals surface area contributed by atoms with E-state index in [4.69, 9.17) is 5.73 Å². The summed E-state index contributed by atoms with van der Waals surface area (Å²) in [7, 11) is 2.34. The summed E-state index contributed by atoms with van der Waals surface area (Å²) in [4.78, 5) is 2.65. The van der Waals surface area contributed by atoms with E-state index in [1.807, 2.05) is 0 Å². The van der Waals surface area contributed by atoms with Gasteiger partial charge in [0.05, 0.1) is 0 Å². The summed E-state index contributed by atoms with van der Waals surface area (Å²) in [6.07, 6.45) is 10.8. The molecule has 0 aromatic rings. The van der Waals surface area contributed by atoms with Crippen molar-refractivity contribution < 1.29 is 0 Å². The van der Waals surface area contributed by atoms with Gasteiger partial charge in [-0.2, -0.15) is 0 Å². The molecule has 2 aliphatic rings. The summed E-state index contributed by atoms with van der Waals surface area (Å²) in [6.45, 7) is 7.16. The topological polar surface area (TPSA) is 29.3 Å². The first kappa shape index (κ1) is 15.3. The van der Waals surface area contributed by atoms with Crippen LogP contribution in [0.5, 0.6) is 0 Å². The molecule has 0 aromatic carbocycles. The Bertz CT molecular complexity index is 279. The van der Waals surface area contributed by atoms with Crippen molar-refractivity contribution in [2.24, 2.45) is 17.1 Å². The van der Waals surface area contributed by atoms with Crippen LogP contribution in [0.1, 0.15) is 72.1 Å². The molecule has 2 heteroatoms. The van der Waals surface area contributed by atoms with Crippen LogP contribution in [-0.2, 0) is 0 Å². The average Bonchev–Trinajstić information content (AvgIpc) is 2.41. The molecule has 0 radical (unpaired) electrons. The lowest BCUT2D eigenvalue weighted by molar-refractivity contribution is 0.0473. The van der Waals surface area contributed by atoms with Gasteiger partial charge in [-0.05, 0) is 63.3 Å². The zero-order valence-corrected chi connectivity index (χ0v) is 13.5. The van der Waals surface area contributed by atoms with Crippen molar-refractivity contribution in [1.29, 1.82) is 0 Å². The Labute approximate surface area is 120 Å². The first-order valence-electron chi connectivity index (χ1n) is 8.40. The average molecular weight is 266 g/mol. The Kier molecular flexibility index (Phi) is 4.94. The van der Waals surface area contributed by atoms with Crippen LogP contribution in [0, 0.1) is 11.3 Å². The summed E-state index contributed by atoms with van der Waals surface area (Å²) in [5, 5.41) is 0. The maximum atomic E-state index is 6.42. The molecule has 112 valence electrons. The van der Waals surface area contributed by atoms with Crippen molar-refractivity contribution in [1.82, 2.24) is 4.90 Å². The summed E-state index contributed by atoms with van der Waals surface area (Å²) in [5.41, 5.74) is 6.90. The van der Waals surface area contributed by atoms with Crippen LogP contribution in [0.4, 0.5) is 0 Å². The van der Waals surface area contributed by atoms with E-state index >= 15 is 0 Å². The lowest BCUT2D eigenvalue weighted by Gasteiger charge is -2.47. The highest BCUT2D eigenvalue weighted by molar-refractivity contribution is 4.94. The Morgan fingerprint density at radius 2 is 1.74 bits per heavy atom. The number of hydrogen-bond acceptors (Lipinski definition) is 2. The van der Waals surface area contributed by atoms with Crippen LogP contribution in [0.25, 0.3) is 0 Å². The van der Waals surface area contributed by atoms with Gasteiger partial charge in [-0.15, -0.1) is 0 Å². The fraction of sp³-hybridized carbons (Fsp3) is 1.00. The molecule has 2 unspecified atom stereocenters. The largest absolute Gasteiger partial charge is 0.326 e. The van der Waals surface area contributed by atoms with Gasteiger partial charge in [-0.1, -0.05) is 27.2 Å². The van der Waals surface area contributed by atoms with Gasteiger partial charge in [0.2, 0.25) is 0 Å². The summed E-state index contributed by atoms with van der Waals surface area (Å²) in [5.74, 6) is 0.987. The van der Waals surface area contributed by atoms with Crippen molar-refractivity contribution in [3.05, 3.63) is 0 Å². The molecule has 2 rings (SSSR count). The van der Waals surface area contributed by atoms with E-state index < -0.39 is 0 Å². The molecule has 0 spiro atoms. The third-order valence-corrected chi connectivity index (χ3v) is 5.90. The third kappa shape index (κ3) is 3.72.